The van der Waals surface area contributed by atoms with Gasteiger partial charge >= 0.3 is 0 Å². The Morgan fingerprint density at radius 3 is 2.30 bits per heavy atom. The molecule has 2 aromatic rings. The van der Waals surface area contributed by atoms with Gasteiger partial charge in [0.1, 0.15) is 11.6 Å². The number of likely N-dealkylation sites (tertiary alicyclic amines) is 1. The zero-order chi connectivity index (χ0) is 31.8. The molecule has 0 radical (unpaired) electrons. The minimum Gasteiger partial charge on any atom is -0.394 e. The zero-order valence-electron chi connectivity index (χ0n) is 26.4. The van der Waals surface area contributed by atoms with E-state index in [1.807, 2.05) is 76.2 Å². The van der Waals surface area contributed by atoms with Gasteiger partial charge in [0.2, 0.25) is 11.8 Å². The quantitative estimate of drug-likeness (QED) is 0.361. The van der Waals surface area contributed by atoms with E-state index in [1.54, 1.807) is 26.9 Å². The molecule has 2 bridgehead atoms. The van der Waals surface area contributed by atoms with Crippen LogP contribution in [0.1, 0.15) is 49.8 Å². The van der Waals surface area contributed by atoms with Crippen molar-refractivity contribution in [2.75, 3.05) is 24.6 Å². The lowest BCUT2D eigenvalue weighted by Gasteiger charge is -2.39. The number of para-hydroxylation sites is 1. The third kappa shape index (κ3) is 4.98. The molecule has 8 nitrogen and oxygen atoms in total. The monoisotopic (exact) mass is 599 g/mol. The van der Waals surface area contributed by atoms with Crippen molar-refractivity contribution in [2.24, 2.45) is 11.8 Å². The predicted octanol–water partition coefficient (Wildman–Crippen LogP) is 4.57. The van der Waals surface area contributed by atoms with Crippen LogP contribution in [0.4, 0.5) is 5.69 Å². The molecule has 3 fully saturated rings. The van der Waals surface area contributed by atoms with Gasteiger partial charge in [-0.3, -0.25) is 14.4 Å². The van der Waals surface area contributed by atoms with Gasteiger partial charge in [0.25, 0.3) is 5.91 Å². The van der Waals surface area contributed by atoms with Crippen LogP contribution >= 0.6 is 0 Å². The average Bonchev–Trinajstić information content (AvgIpc) is 3.58. The number of benzene rings is 2. The van der Waals surface area contributed by atoms with Crippen molar-refractivity contribution in [2.45, 2.75) is 76.8 Å². The molecule has 234 valence electrons. The van der Waals surface area contributed by atoms with Gasteiger partial charge in [-0.2, -0.15) is 0 Å². The molecule has 0 aromatic heterocycles. The van der Waals surface area contributed by atoms with E-state index in [4.69, 9.17) is 4.74 Å². The topological polar surface area (TPSA) is 90.4 Å². The van der Waals surface area contributed by atoms with Gasteiger partial charge in [0.05, 0.1) is 30.1 Å². The van der Waals surface area contributed by atoms with Crippen LogP contribution in [0.2, 0.25) is 0 Å². The third-order valence-electron chi connectivity index (χ3n) is 9.95. The first-order valence-corrected chi connectivity index (χ1v) is 15.6. The lowest BCUT2D eigenvalue weighted by molar-refractivity contribution is -0.152. The average molecular weight is 600 g/mol. The van der Waals surface area contributed by atoms with E-state index in [0.29, 0.717) is 32.4 Å². The second-order valence-electron chi connectivity index (χ2n) is 12.7. The molecule has 2 unspecified atom stereocenters. The van der Waals surface area contributed by atoms with Gasteiger partial charge < -0.3 is 24.5 Å². The largest absolute Gasteiger partial charge is 0.394 e. The first-order chi connectivity index (χ1) is 21.1. The Kier molecular flexibility index (Phi) is 8.87. The van der Waals surface area contributed by atoms with Crippen LogP contribution in [-0.4, -0.2) is 75.6 Å². The summed E-state index contributed by atoms with van der Waals surface area (Å²) in [4.78, 5) is 49.1. The van der Waals surface area contributed by atoms with Crippen molar-refractivity contribution in [1.29, 1.82) is 0 Å². The normalized spacial score (nSPS) is 27.6. The van der Waals surface area contributed by atoms with Gasteiger partial charge in [0, 0.05) is 25.3 Å². The standard InChI is InChI=1S/C36H45N3O5/c1-7-20-37(22-26-16-11-10-12-17-26)32(41)28-29-33(42)39(27(9-3)23-40)31(36(29)19-18-35(28,6)44-36)34(43)38(21-8-2)30-24(4)14-13-15-25(30)5/h7-8,10-17,27-29,31,40H,1-2,9,18-23H2,3-6H3/t27-,28-,29-,31?,35+,36?/m0/s1. The minimum absolute atomic E-state index is 0.182. The predicted molar refractivity (Wildman–Crippen MR) is 171 cm³/mol. The maximum atomic E-state index is 14.9. The van der Waals surface area contributed by atoms with Crippen LogP contribution in [0.3, 0.4) is 0 Å². The van der Waals surface area contributed by atoms with E-state index in [-0.39, 0.29) is 30.9 Å². The molecule has 3 heterocycles. The summed E-state index contributed by atoms with van der Waals surface area (Å²) in [5.41, 5.74) is 1.48. The molecule has 5 rings (SSSR count). The summed E-state index contributed by atoms with van der Waals surface area (Å²) < 4.78 is 6.89. The molecule has 0 aliphatic carbocycles. The molecule has 6 atom stereocenters. The van der Waals surface area contributed by atoms with Crippen LogP contribution < -0.4 is 4.90 Å². The Morgan fingerprint density at radius 1 is 1.05 bits per heavy atom. The van der Waals surface area contributed by atoms with Gasteiger partial charge in [-0.1, -0.05) is 67.6 Å². The summed E-state index contributed by atoms with van der Waals surface area (Å²) in [5, 5.41) is 10.5. The molecule has 44 heavy (non-hydrogen) atoms. The van der Waals surface area contributed by atoms with Gasteiger partial charge in [-0.25, -0.2) is 0 Å². The number of hydrogen-bond donors (Lipinski definition) is 1. The molecule has 3 aliphatic rings. The van der Waals surface area contributed by atoms with E-state index in [1.165, 1.54) is 0 Å². The van der Waals surface area contributed by atoms with Gasteiger partial charge in [-0.05, 0) is 56.7 Å². The number of carbonyl (C=O) groups is 3. The number of anilines is 1. The molecule has 3 amide bonds. The summed E-state index contributed by atoms with van der Waals surface area (Å²) in [7, 11) is 0. The molecule has 1 N–H and O–H groups in total. The molecule has 0 saturated carbocycles. The Labute approximate surface area is 261 Å². The Hall–Kier alpha value is -3.75. The highest BCUT2D eigenvalue weighted by atomic mass is 16.5. The number of aliphatic hydroxyl groups is 1. The van der Waals surface area contributed by atoms with Crippen molar-refractivity contribution >= 4 is 23.4 Å². The molecule has 2 aromatic carbocycles. The first-order valence-electron chi connectivity index (χ1n) is 15.6. The van der Waals surface area contributed by atoms with E-state index in [9.17, 15) is 19.5 Å². The summed E-state index contributed by atoms with van der Waals surface area (Å²) in [6.07, 6.45) is 4.83. The fourth-order valence-corrected chi connectivity index (χ4v) is 8.01. The fraction of sp³-hybridized carbons (Fsp3) is 0.472. The van der Waals surface area contributed by atoms with Crippen LogP contribution in [0, 0.1) is 25.7 Å². The maximum absolute atomic E-state index is 14.9. The second kappa shape index (κ2) is 12.3. The molecule has 3 aliphatic heterocycles. The number of aryl methyl sites for hydroxylation is 2. The number of carbonyl (C=O) groups excluding carboxylic acids is 3. The maximum Gasteiger partial charge on any atom is 0.253 e. The number of nitrogens with zero attached hydrogens (tertiary/aromatic N) is 3. The highest BCUT2D eigenvalue weighted by Gasteiger charge is 2.78. The lowest BCUT2D eigenvalue weighted by Crippen LogP contribution is -2.59. The van der Waals surface area contributed by atoms with Crippen molar-refractivity contribution in [3.8, 4) is 0 Å². The Morgan fingerprint density at radius 2 is 1.70 bits per heavy atom. The molecule has 1 spiro atoms. The highest BCUT2D eigenvalue weighted by Crippen LogP contribution is 2.64. The summed E-state index contributed by atoms with van der Waals surface area (Å²) in [5.74, 6) is -2.40. The van der Waals surface area contributed by atoms with Crippen LogP contribution in [0.5, 0.6) is 0 Å². The lowest BCUT2D eigenvalue weighted by atomic mass is 9.66. The van der Waals surface area contributed by atoms with E-state index in [2.05, 4.69) is 13.2 Å². The van der Waals surface area contributed by atoms with Crippen molar-refractivity contribution in [1.82, 2.24) is 9.80 Å². The van der Waals surface area contributed by atoms with E-state index in [0.717, 1.165) is 22.4 Å². The molecular weight excluding hydrogens is 554 g/mol. The Balaban J connectivity index is 1.61. The van der Waals surface area contributed by atoms with E-state index >= 15 is 0 Å². The summed E-state index contributed by atoms with van der Waals surface area (Å²) in [6.45, 7) is 16.1. The number of fused-ring (bicyclic) bond motifs is 1. The van der Waals surface area contributed by atoms with E-state index < -0.39 is 35.1 Å². The van der Waals surface area contributed by atoms with Crippen LogP contribution in [-0.2, 0) is 25.7 Å². The molecule has 8 heteroatoms. The number of aliphatic hydroxyl groups excluding tert-OH is 1. The molecule has 3 saturated heterocycles. The zero-order valence-corrected chi connectivity index (χ0v) is 26.4. The number of ether oxygens (including phenoxy) is 1. The third-order valence-corrected chi connectivity index (χ3v) is 9.95. The van der Waals surface area contributed by atoms with Crippen LogP contribution in [0.15, 0.2) is 73.8 Å². The smallest absolute Gasteiger partial charge is 0.253 e. The number of hydrogen-bond acceptors (Lipinski definition) is 5. The fourth-order valence-electron chi connectivity index (χ4n) is 8.01. The SMILES string of the molecule is C=CCN(Cc1ccccc1)C(=O)[C@@H]1[C@H]2C(=O)N([C@@H](CC)CO)C(C(=O)N(CC=C)c3c(C)cccc3C)C23CC[C@@]1(C)O3. The number of rotatable bonds is 12. The Bertz CT molecular complexity index is 1420. The first kappa shape index (κ1) is 31.7. The molecular formula is C36H45N3O5. The summed E-state index contributed by atoms with van der Waals surface area (Å²) >= 11 is 0. The van der Waals surface area contributed by atoms with Crippen molar-refractivity contribution in [3.63, 3.8) is 0 Å². The van der Waals surface area contributed by atoms with Crippen molar-refractivity contribution < 1.29 is 24.2 Å². The second-order valence-corrected chi connectivity index (χ2v) is 12.7. The number of amides is 3. The van der Waals surface area contributed by atoms with Gasteiger partial charge in [-0.15, -0.1) is 13.2 Å². The summed E-state index contributed by atoms with van der Waals surface area (Å²) in [6, 6.07) is 14.0. The minimum atomic E-state index is -1.20. The van der Waals surface area contributed by atoms with Crippen LogP contribution in [0.25, 0.3) is 0 Å². The highest BCUT2D eigenvalue weighted by molar-refractivity contribution is 6.06. The van der Waals surface area contributed by atoms with Gasteiger partial charge in [0.15, 0.2) is 0 Å². The van der Waals surface area contributed by atoms with Crippen molar-refractivity contribution in [3.05, 3.63) is 90.5 Å².